The number of carboxylic acids is 1. The third-order valence-electron chi connectivity index (χ3n) is 4.90. The van der Waals surface area contributed by atoms with Crippen LogP contribution in [0.3, 0.4) is 0 Å². The van der Waals surface area contributed by atoms with E-state index in [1.807, 2.05) is 54.6 Å². The van der Waals surface area contributed by atoms with E-state index in [9.17, 15) is 9.90 Å². The van der Waals surface area contributed by atoms with Gasteiger partial charge < -0.3 is 15.2 Å². The van der Waals surface area contributed by atoms with E-state index in [1.54, 1.807) is 12.1 Å². The molecular weight excluding hydrogens is 398 g/mol. The van der Waals surface area contributed by atoms with Crippen molar-refractivity contribution in [1.82, 2.24) is 0 Å². The van der Waals surface area contributed by atoms with Crippen LogP contribution in [0.1, 0.15) is 21.5 Å². The highest BCUT2D eigenvalue weighted by molar-refractivity contribution is 6.33. The largest absolute Gasteiger partial charge is 0.489 e. The molecule has 0 saturated carbocycles. The van der Waals surface area contributed by atoms with Gasteiger partial charge in [0, 0.05) is 12.1 Å². The van der Waals surface area contributed by atoms with Crippen molar-refractivity contribution in [2.75, 3.05) is 5.32 Å². The summed E-state index contributed by atoms with van der Waals surface area (Å²) in [6, 6.07) is 26.7. The molecule has 0 aliphatic heterocycles. The Morgan fingerprint density at radius 2 is 1.70 bits per heavy atom. The number of hydrogen-bond acceptors (Lipinski definition) is 3. The molecule has 5 heteroatoms. The molecule has 0 amide bonds. The fourth-order valence-corrected chi connectivity index (χ4v) is 3.53. The predicted octanol–water partition coefficient (Wildman–Crippen LogP) is 6.38. The molecule has 0 aliphatic rings. The minimum Gasteiger partial charge on any atom is -0.489 e. The Kier molecular flexibility index (Phi) is 5.87. The Balaban J connectivity index is 1.64. The van der Waals surface area contributed by atoms with Gasteiger partial charge in [-0.1, -0.05) is 72.3 Å². The van der Waals surface area contributed by atoms with Crippen molar-refractivity contribution in [3.8, 4) is 5.75 Å². The van der Waals surface area contributed by atoms with E-state index in [2.05, 4.69) is 17.4 Å². The van der Waals surface area contributed by atoms with E-state index in [0.29, 0.717) is 23.9 Å². The molecule has 0 spiro atoms. The number of hydrogen-bond donors (Lipinski definition) is 2. The second-order valence-electron chi connectivity index (χ2n) is 6.89. The molecule has 150 valence electrons. The molecule has 0 saturated heterocycles. The number of rotatable bonds is 7. The molecule has 0 aliphatic carbocycles. The van der Waals surface area contributed by atoms with Crippen LogP contribution >= 0.6 is 11.6 Å². The highest BCUT2D eigenvalue weighted by atomic mass is 35.5. The molecule has 0 aromatic heterocycles. The monoisotopic (exact) mass is 417 g/mol. The summed E-state index contributed by atoms with van der Waals surface area (Å²) in [5.41, 5.74) is 2.82. The third kappa shape index (κ3) is 4.39. The van der Waals surface area contributed by atoms with Gasteiger partial charge in [-0.3, -0.25) is 0 Å². The lowest BCUT2D eigenvalue weighted by molar-refractivity contribution is 0.0697. The molecule has 0 bridgehead atoms. The summed E-state index contributed by atoms with van der Waals surface area (Å²) in [5.74, 6) is -0.220. The minimum absolute atomic E-state index is 0.181. The second-order valence-corrected chi connectivity index (χ2v) is 7.30. The highest BCUT2D eigenvalue weighted by Gasteiger charge is 2.12. The topological polar surface area (TPSA) is 58.6 Å². The van der Waals surface area contributed by atoms with Crippen LogP contribution in [-0.2, 0) is 13.2 Å². The normalized spacial score (nSPS) is 10.7. The number of fused-ring (bicyclic) bond motifs is 1. The molecule has 0 atom stereocenters. The van der Waals surface area contributed by atoms with Gasteiger partial charge >= 0.3 is 5.97 Å². The number of benzene rings is 4. The fraction of sp³-hybridized carbons (Fsp3) is 0.0800. The van der Waals surface area contributed by atoms with Crippen LogP contribution in [0.25, 0.3) is 10.8 Å². The SMILES string of the molecule is O=C(O)c1ccc(Cl)c(NCc2c(OCc3ccccc3)ccc3ccccc23)c1. The van der Waals surface area contributed by atoms with Crippen molar-refractivity contribution in [2.24, 2.45) is 0 Å². The second kappa shape index (κ2) is 8.89. The van der Waals surface area contributed by atoms with E-state index in [0.717, 1.165) is 27.6 Å². The molecule has 30 heavy (non-hydrogen) atoms. The van der Waals surface area contributed by atoms with Gasteiger partial charge in [0.1, 0.15) is 12.4 Å². The quantitative estimate of drug-likeness (QED) is 0.366. The van der Waals surface area contributed by atoms with E-state index >= 15 is 0 Å². The Bertz CT molecular complexity index is 1190. The number of carboxylic acid groups (broad SMARTS) is 1. The lowest BCUT2D eigenvalue weighted by Gasteiger charge is -2.16. The molecule has 4 aromatic carbocycles. The summed E-state index contributed by atoms with van der Waals surface area (Å²) in [6.07, 6.45) is 0. The molecule has 4 aromatic rings. The summed E-state index contributed by atoms with van der Waals surface area (Å²) in [4.78, 5) is 11.3. The standard InChI is InChI=1S/C25H20ClNO3/c26-22-12-10-19(25(28)29)14-23(22)27-15-21-20-9-5-4-8-18(20)11-13-24(21)30-16-17-6-2-1-3-7-17/h1-14,27H,15-16H2,(H,28,29). The van der Waals surface area contributed by atoms with Crippen molar-refractivity contribution < 1.29 is 14.6 Å². The predicted molar refractivity (Wildman–Crippen MR) is 120 cm³/mol. The van der Waals surface area contributed by atoms with Gasteiger partial charge in [-0.15, -0.1) is 0 Å². The van der Waals surface area contributed by atoms with E-state index in [-0.39, 0.29) is 5.56 Å². The van der Waals surface area contributed by atoms with Crippen LogP contribution in [0, 0.1) is 0 Å². The Labute approximate surface area is 179 Å². The van der Waals surface area contributed by atoms with Crippen molar-refractivity contribution in [3.05, 3.63) is 107 Å². The molecule has 0 fully saturated rings. The Hall–Kier alpha value is -3.50. The Morgan fingerprint density at radius 3 is 2.50 bits per heavy atom. The number of halogens is 1. The van der Waals surface area contributed by atoms with Crippen molar-refractivity contribution in [1.29, 1.82) is 0 Å². The minimum atomic E-state index is -0.994. The van der Waals surface area contributed by atoms with Crippen LogP contribution in [0.4, 0.5) is 5.69 Å². The first-order valence-electron chi connectivity index (χ1n) is 9.56. The van der Waals surface area contributed by atoms with Gasteiger partial charge in [0.25, 0.3) is 0 Å². The van der Waals surface area contributed by atoms with Gasteiger partial charge in [-0.05, 0) is 40.6 Å². The zero-order valence-corrected chi connectivity index (χ0v) is 16.9. The first-order valence-corrected chi connectivity index (χ1v) is 9.93. The lowest BCUT2D eigenvalue weighted by atomic mass is 10.0. The molecule has 0 unspecified atom stereocenters. The van der Waals surface area contributed by atoms with Crippen molar-refractivity contribution in [3.63, 3.8) is 0 Å². The molecule has 2 N–H and O–H groups in total. The lowest BCUT2D eigenvalue weighted by Crippen LogP contribution is -2.06. The zero-order chi connectivity index (χ0) is 20.9. The fourth-order valence-electron chi connectivity index (χ4n) is 3.35. The zero-order valence-electron chi connectivity index (χ0n) is 16.1. The van der Waals surface area contributed by atoms with Crippen molar-refractivity contribution in [2.45, 2.75) is 13.2 Å². The highest BCUT2D eigenvalue weighted by Crippen LogP contribution is 2.31. The molecule has 4 rings (SSSR count). The van der Waals surface area contributed by atoms with Crippen LogP contribution in [0.2, 0.25) is 5.02 Å². The summed E-state index contributed by atoms with van der Waals surface area (Å²) < 4.78 is 6.14. The van der Waals surface area contributed by atoms with Crippen LogP contribution < -0.4 is 10.1 Å². The molecule has 0 radical (unpaired) electrons. The maximum Gasteiger partial charge on any atom is 0.335 e. The third-order valence-corrected chi connectivity index (χ3v) is 5.23. The van der Waals surface area contributed by atoms with Crippen LogP contribution in [0.5, 0.6) is 5.75 Å². The van der Waals surface area contributed by atoms with Gasteiger partial charge in [0.05, 0.1) is 16.3 Å². The summed E-state index contributed by atoms with van der Waals surface area (Å²) >= 11 is 6.28. The number of anilines is 1. The van der Waals surface area contributed by atoms with Gasteiger partial charge in [-0.25, -0.2) is 4.79 Å². The van der Waals surface area contributed by atoms with Crippen molar-refractivity contribution >= 4 is 34.0 Å². The number of ether oxygens (including phenoxy) is 1. The van der Waals surface area contributed by atoms with E-state index in [1.165, 1.54) is 6.07 Å². The molecule has 0 heterocycles. The van der Waals surface area contributed by atoms with E-state index < -0.39 is 5.97 Å². The van der Waals surface area contributed by atoms with Gasteiger partial charge in [-0.2, -0.15) is 0 Å². The number of carbonyl (C=O) groups is 1. The molecular formula is C25H20ClNO3. The van der Waals surface area contributed by atoms with E-state index in [4.69, 9.17) is 16.3 Å². The first-order chi connectivity index (χ1) is 14.6. The average Bonchev–Trinajstić information content (AvgIpc) is 2.78. The maximum absolute atomic E-state index is 11.3. The number of aromatic carboxylic acids is 1. The van der Waals surface area contributed by atoms with Crippen LogP contribution in [-0.4, -0.2) is 11.1 Å². The first kappa shape index (κ1) is 19.8. The maximum atomic E-state index is 11.3. The average molecular weight is 418 g/mol. The summed E-state index contributed by atoms with van der Waals surface area (Å²) in [7, 11) is 0. The van der Waals surface area contributed by atoms with Crippen LogP contribution in [0.15, 0.2) is 84.9 Å². The van der Waals surface area contributed by atoms with Gasteiger partial charge in [0.2, 0.25) is 0 Å². The summed E-state index contributed by atoms with van der Waals surface area (Å²) in [5, 5.41) is 15.2. The number of nitrogens with one attached hydrogen (secondary N) is 1. The summed E-state index contributed by atoms with van der Waals surface area (Å²) in [6.45, 7) is 0.899. The van der Waals surface area contributed by atoms with Gasteiger partial charge in [0.15, 0.2) is 0 Å². The smallest absolute Gasteiger partial charge is 0.335 e. The molecule has 4 nitrogen and oxygen atoms in total. The Morgan fingerprint density at radius 1 is 0.933 bits per heavy atom.